The molecule has 1 atom stereocenters. The summed E-state index contributed by atoms with van der Waals surface area (Å²) in [6.07, 6.45) is 17.9. The van der Waals surface area contributed by atoms with Gasteiger partial charge in [0.15, 0.2) is 0 Å². The lowest BCUT2D eigenvalue weighted by atomic mass is 9.48. The molecule has 0 radical (unpaired) electrons. The molecule has 4 bridgehead atoms. The Morgan fingerprint density at radius 1 is 0.929 bits per heavy atom. The van der Waals surface area contributed by atoms with Gasteiger partial charge in [0.2, 0.25) is 0 Å². The van der Waals surface area contributed by atoms with Crippen LogP contribution in [-0.4, -0.2) is 11.4 Å². The van der Waals surface area contributed by atoms with Crippen molar-refractivity contribution in [3.63, 3.8) is 0 Å². The molecule has 1 unspecified atom stereocenters. The molecule has 4 aliphatic rings. The number of alkyl halides is 1. The van der Waals surface area contributed by atoms with Gasteiger partial charge in [-0.25, -0.2) is 0 Å². The predicted octanol–water partition coefficient (Wildman–Crippen LogP) is 8.05. The van der Waals surface area contributed by atoms with Crippen molar-refractivity contribution in [1.82, 2.24) is 0 Å². The molecule has 0 aliphatic heterocycles. The lowest BCUT2D eigenvalue weighted by Gasteiger charge is -2.57. The van der Waals surface area contributed by atoms with Gasteiger partial charge in [-0.1, -0.05) is 66.7 Å². The second-order valence-electron chi connectivity index (χ2n) is 10.1. The summed E-state index contributed by atoms with van der Waals surface area (Å²) in [4.78, 5) is 0.659. The topological polar surface area (TPSA) is 9.23 Å². The number of halogens is 1. The van der Waals surface area contributed by atoms with Crippen molar-refractivity contribution in [1.29, 1.82) is 0 Å². The van der Waals surface area contributed by atoms with Crippen molar-refractivity contribution in [2.75, 3.05) is 6.61 Å². The normalized spacial score (nSPS) is 31.9. The summed E-state index contributed by atoms with van der Waals surface area (Å²) >= 11 is 3.88. The zero-order valence-corrected chi connectivity index (χ0v) is 19.4. The first-order valence-corrected chi connectivity index (χ1v) is 13.0. The van der Waals surface area contributed by atoms with Crippen LogP contribution in [0.15, 0.2) is 24.3 Å². The van der Waals surface area contributed by atoms with Crippen LogP contribution in [0.4, 0.5) is 0 Å². The van der Waals surface area contributed by atoms with Crippen LogP contribution in [0.1, 0.15) is 96.0 Å². The Morgan fingerprint density at radius 2 is 1.57 bits per heavy atom. The van der Waals surface area contributed by atoms with Crippen LogP contribution in [0.5, 0.6) is 5.75 Å². The SMILES string of the molecule is CCCCCCC(Br)CCCOc1ccccc1C12CC3CC(CC(C3)C1)C2. The number of hydrogen-bond donors (Lipinski definition) is 0. The lowest BCUT2D eigenvalue weighted by Crippen LogP contribution is -2.48. The molecule has 1 aromatic rings. The monoisotopic (exact) mass is 446 g/mol. The molecule has 0 heterocycles. The van der Waals surface area contributed by atoms with Gasteiger partial charge in [-0.15, -0.1) is 0 Å². The number of ether oxygens (including phenoxy) is 1. The maximum Gasteiger partial charge on any atom is 0.123 e. The molecule has 0 saturated heterocycles. The molecular weight excluding hydrogens is 408 g/mol. The number of unbranched alkanes of at least 4 members (excludes halogenated alkanes) is 3. The van der Waals surface area contributed by atoms with Gasteiger partial charge in [-0.3, -0.25) is 0 Å². The van der Waals surface area contributed by atoms with Crippen LogP contribution in [0, 0.1) is 17.8 Å². The quantitative estimate of drug-likeness (QED) is 0.246. The Labute approximate surface area is 181 Å². The number of para-hydroxylation sites is 1. The van der Waals surface area contributed by atoms with Gasteiger partial charge in [-0.05, 0) is 87.0 Å². The third kappa shape index (κ3) is 4.79. The highest BCUT2D eigenvalue weighted by molar-refractivity contribution is 9.09. The molecule has 5 rings (SSSR count). The number of hydrogen-bond acceptors (Lipinski definition) is 1. The van der Waals surface area contributed by atoms with Crippen molar-refractivity contribution in [2.24, 2.45) is 17.8 Å². The molecule has 156 valence electrons. The van der Waals surface area contributed by atoms with Crippen molar-refractivity contribution in [3.8, 4) is 5.75 Å². The van der Waals surface area contributed by atoms with E-state index in [1.807, 2.05) is 0 Å². The van der Waals surface area contributed by atoms with E-state index >= 15 is 0 Å². The summed E-state index contributed by atoms with van der Waals surface area (Å²) in [7, 11) is 0. The summed E-state index contributed by atoms with van der Waals surface area (Å²) in [5, 5.41) is 0. The third-order valence-electron chi connectivity index (χ3n) is 7.79. The van der Waals surface area contributed by atoms with Gasteiger partial charge in [0, 0.05) is 10.4 Å². The number of rotatable bonds is 11. The van der Waals surface area contributed by atoms with E-state index < -0.39 is 0 Å². The van der Waals surface area contributed by atoms with E-state index in [1.165, 1.54) is 82.8 Å². The molecule has 4 aliphatic carbocycles. The molecule has 0 aromatic heterocycles. The summed E-state index contributed by atoms with van der Waals surface area (Å²) in [5.41, 5.74) is 1.98. The van der Waals surface area contributed by atoms with Crippen LogP contribution in [0.2, 0.25) is 0 Å². The fourth-order valence-electron chi connectivity index (χ4n) is 6.90. The Bertz CT molecular complexity index is 589. The zero-order valence-electron chi connectivity index (χ0n) is 17.8. The fraction of sp³-hybridized carbons (Fsp3) is 0.769. The first-order valence-electron chi connectivity index (χ1n) is 12.0. The lowest BCUT2D eigenvalue weighted by molar-refractivity contribution is -0.00639. The van der Waals surface area contributed by atoms with E-state index in [0.717, 1.165) is 30.8 Å². The van der Waals surface area contributed by atoms with Gasteiger partial charge in [-0.2, -0.15) is 0 Å². The highest BCUT2D eigenvalue weighted by Gasteiger charge is 2.52. The minimum absolute atomic E-state index is 0.433. The van der Waals surface area contributed by atoms with E-state index in [9.17, 15) is 0 Å². The smallest absolute Gasteiger partial charge is 0.123 e. The van der Waals surface area contributed by atoms with Crippen molar-refractivity contribution in [3.05, 3.63) is 29.8 Å². The maximum atomic E-state index is 6.40. The first-order chi connectivity index (χ1) is 13.7. The van der Waals surface area contributed by atoms with Crippen LogP contribution >= 0.6 is 15.9 Å². The average molecular weight is 448 g/mol. The third-order valence-corrected chi connectivity index (χ3v) is 8.70. The van der Waals surface area contributed by atoms with Crippen molar-refractivity contribution >= 4 is 15.9 Å². The van der Waals surface area contributed by atoms with E-state index in [2.05, 4.69) is 47.1 Å². The average Bonchev–Trinajstić information content (AvgIpc) is 2.68. The standard InChI is InChI=1S/C26H39BrO/c1-2-3-4-5-9-23(27)10-8-13-28-25-12-7-6-11-24(25)26-17-20-14-21(18-26)16-22(15-20)19-26/h6-7,11-12,20-23H,2-5,8-10,13-19H2,1H3. The highest BCUT2D eigenvalue weighted by atomic mass is 79.9. The Balaban J connectivity index is 1.30. The van der Waals surface area contributed by atoms with Crippen LogP contribution in [0.25, 0.3) is 0 Å². The molecule has 1 nitrogen and oxygen atoms in total. The number of benzene rings is 1. The predicted molar refractivity (Wildman–Crippen MR) is 122 cm³/mol. The zero-order chi connectivity index (χ0) is 19.4. The Morgan fingerprint density at radius 3 is 2.25 bits per heavy atom. The molecular formula is C26H39BrO. The van der Waals surface area contributed by atoms with Crippen molar-refractivity contribution in [2.45, 2.75) is 101 Å². The van der Waals surface area contributed by atoms with E-state index in [-0.39, 0.29) is 0 Å². The maximum absolute atomic E-state index is 6.40. The highest BCUT2D eigenvalue weighted by Crippen LogP contribution is 2.61. The second kappa shape index (κ2) is 9.54. The minimum Gasteiger partial charge on any atom is -0.493 e. The van der Waals surface area contributed by atoms with Crippen LogP contribution in [0.3, 0.4) is 0 Å². The van der Waals surface area contributed by atoms with Gasteiger partial charge >= 0.3 is 0 Å². The Hall–Kier alpha value is -0.500. The minimum atomic E-state index is 0.433. The largest absolute Gasteiger partial charge is 0.493 e. The van der Waals surface area contributed by atoms with Crippen LogP contribution in [-0.2, 0) is 5.41 Å². The Kier molecular flexibility index (Phi) is 7.07. The van der Waals surface area contributed by atoms with Crippen molar-refractivity contribution < 1.29 is 4.74 Å². The summed E-state index contributed by atoms with van der Waals surface area (Å²) in [6.45, 7) is 3.14. The molecule has 0 amide bonds. The second-order valence-corrected chi connectivity index (χ2v) is 11.4. The van der Waals surface area contributed by atoms with Gasteiger partial charge in [0.1, 0.15) is 5.75 Å². The first kappa shape index (κ1) is 20.8. The summed E-state index contributed by atoms with van der Waals surface area (Å²) in [6, 6.07) is 9.04. The fourth-order valence-corrected chi connectivity index (χ4v) is 7.54. The van der Waals surface area contributed by atoms with E-state index in [1.54, 1.807) is 5.56 Å². The molecule has 1 aromatic carbocycles. The molecule has 0 N–H and O–H groups in total. The van der Waals surface area contributed by atoms with Gasteiger partial charge in [0.05, 0.1) is 6.61 Å². The molecule has 2 heteroatoms. The molecule has 4 fully saturated rings. The van der Waals surface area contributed by atoms with Gasteiger partial charge < -0.3 is 4.74 Å². The van der Waals surface area contributed by atoms with E-state index in [0.29, 0.717) is 10.2 Å². The van der Waals surface area contributed by atoms with E-state index in [4.69, 9.17) is 4.74 Å². The van der Waals surface area contributed by atoms with Crippen LogP contribution < -0.4 is 4.74 Å². The van der Waals surface area contributed by atoms with Gasteiger partial charge in [0.25, 0.3) is 0 Å². The molecule has 0 spiro atoms. The molecule has 28 heavy (non-hydrogen) atoms. The molecule has 4 saturated carbocycles. The summed E-state index contributed by atoms with van der Waals surface area (Å²) in [5.74, 6) is 4.15. The summed E-state index contributed by atoms with van der Waals surface area (Å²) < 4.78 is 6.40.